The SMILES string of the molecule is CCNC(=O)CN(C)c1cc(C(F)(F)F)cc(NN)n1. The van der Waals surface area contributed by atoms with Crippen LogP contribution in [0.2, 0.25) is 0 Å². The van der Waals surface area contributed by atoms with Crippen molar-refractivity contribution in [3.05, 3.63) is 17.7 Å². The van der Waals surface area contributed by atoms with Crippen LogP contribution >= 0.6 is 0 Å². The fraction of sp³-hybridized carbons (Fsp3) is 0.455. The molecule has 9 heteroatoms. The molecule has 0 bridgehead atoms. The Morgan fingerprint density at radius 3 is 2.60 bits per heavy atom. The number of likely N-dealkylation sites (N-methyl/N-ethyl adjacent to an activating group) is 2. The van der Waals surface area contributed by atoms with Crippen LogP contribution in [0.15, 0.2) is 12.1 Å². The maximum atomic E-state index is 12.7. The van der Waals surface area contributed by atoms with Crippen molar-refractivity contribution < 1.29 is 18.0 Å². The Bertz CT molecular complexity index is 478. The van der Waals surface area contributed by atoms with Gasteiger partial charge in [-0.05, 0) is 19.1 Å². The molecule has 0 unspecified atom stereocenters. The van der Waals surface area contributed by atoms with E-state index in [0.29, 0.717) is 6.54 Å². The second-order valence-electron chi connectivity index (χ2n) is 4.05. The lowest BCUT2D eigenvalue weighted by atomic mass is 10.2. The molecule has 1 rings (SSSR count). The Morgan fingerprint density at radius 1 is 1.45 bits per heavy atom. The molecule has 0 aromatic carbocycles. The van der Waals surface area contributed by atoms with Crippen molar-refractivity contribution in [3.63, 3.8) is 0 Å². The first kappa shape index (κ1) is 16.0. The average Bonchev–Trinajstić information content (AvgIpc) is 2.37. The first-order valence-electron chi connectivity index (χ1n) is 5.81. The van der Waals surface area contributed by atoms with Crippen LogP contribution in [-0.2, 0) is 11.0 Å². The van der Waals surface area contributed by atoms with Gasteiger partial charge in [-0.2, -0.15) is 13.2 Å². The summed E-state index contributed by atoms with van der Waals surface area (Å²) in [6.07, 6.45) is -4.52. The molecule has 4 N–H and O–H groups in total. The Balaban J connectivity index is 3.02. The summed E-state index contributed by atoms with van der Waals surface area (Å²) in [5, 5.41) is 2.55. The number of alkyl halides is 3. The van der Waals surface area contributed by atoms with Crippen molar-refractivity contribution in [2.45, 2.75) is 13.1 Å². The molecule has 0 spiro atoms. The number of nitrogens with zero attached hydrogens (tertiary/aromatic N) is 2. The zero-order valence-corrected chi connectivity index (χ0v) is 11.1. The fourth-order valence-corrected chi connectivity index (χ4v) is 1.50. The van der Waals surface area contributed by atoms with Crippen LogP contribution in [0.5, 0.6) is 0 Å². The van der Waals surface area contributed by atoms with Gasteiger partial charge in [-0.25, -0.2) is 10.8 Å². The number of amides is 1. The van der Waals surface area contributed by atoms with Crippen LogP contribution < -0.4 is 21.5 Å². The highest BCUT2D eigenvalue weighted by atomic mass is 19.4. The number of nitrogens with two attached hydrogens (primary N) is 1. The van der Waals surface area contributed by atoms with Gasteiger partial charge in [0.1, 0.15) is 11.6 Å². The number of carbonyl (C=O) groups excluding carboxylic acids is 1. The highest BCUT2D eigenvalue weighted by Crippen LogP contribution is 2.32. The summed E-state index contributed by atoms with van der Waals surface area (Å²) in [6, 6.07) is 1.66. The number of halogens is 3. The van der Waals surface area contributed by atoms with Crippen molar-refractivity contribution in [2.75, 3.05) is 30.5 Å². The summed E-state index contributed by atoms with van der Waals surface area (Å²) in [5.41, 5.74) is 1.18. The summed E-state index contributed by atoms with van der Waals surface area (Å²) in [6.45, 7) is 2.08. The van der Waals surface area contributed by atoms with Crippen LogP contribution in [0.1, 0.15) is 12.5 Å². The molecule has 20 heavy (non-hydrogen) atoms. The Hall–Kier alpha value is -2.03. The number of hydrazine groups is 1. The smallest absolute Gasteiger partial charge is 0.355 e. The molecule has 0 radical (unpaired) electrons. The van der Waals surface area contributed by atoms with E-state index in [4.69, 9.17) is 5.84 Å². The number of rotatable bonds is 5. The summed E-state index contributed by atoms with van der Waals surface area (Å²) in [4.78, 5) is 16.6. The predicted molar refractivity (Wildman–Crippen MR) is 69.0 cm³/mol. The topological polar surface area (TPSA) is 83.3 Å². The minimum absolute atomic E-state index is 0.000900. The van der Waals surface area contributed by atoms with Crippen LogP contribution in [0, 0.1) is 0 Å². The fourth-order valence-electron chi connectivity index (χ4n) is 1.50. The lowest BCUT2D eigenvalue weighted by Gasteiger charge is -2.19. The molecule has 0 atom stereocenters. The highest BCUT2D eigenvalue weighted by Gasteiger charge is 2.32. The van der Waals surface area contributed by atoms with E-state index in [9.17, 15) is 18.0 Å². The van der Waals surface area contributed by atoms with Crippen molar-refractivity contribution >= 4 is 17.5 Å². The molecule has 112 valence electrons. The molecule has 0 saturated carbocycles. The molecule has 0 saturated heterocycles. The monoisotopic (exact) mass is 291 g/mol. The first-order valence-corrected chi connectivity index (χ1v) is 5.81. The largest absolute Gasteiger partial charge is 0.416 e. The molecule has 0 aliphatic carbocycles. The molecule has 1 aromatic rings. The normalized spacial score (nSPS) is 11.1. The number of aromatic nitrogens is 1. The van der Waals surface area contributed by atoms with Gasteiger partial charge in [0.15, 0.2) is 0 Å². The van der Waals surface area contributed by atoms with E-state index in [1.165, 1.54) is 11.9 Å². The summed E-state index contributed by atoms with van der Waals surface area (Å²) in [5.74, 6) is 4.67. The summed E-state index contributed by atoms with van der Waals surface area (Å²) >= 11 is 0. The van der Waals surface area contributed by atoms with Crippen molar-refractivity contribution in [1.82, 2.24) is 10.3 Å². The number of pyridine rings is 1. The molecule has 6 nitrogen and oxygen atoms in total. The third-order valence-corrected chi connectivity index (χ3v) is 2.43. The summed E-state index contributed by atoms with van der Waals surface area (Å²) < 4.78 is 38.2. The standard InChI is InChI=1S/C11H16F3N5O/c1-3-16-10(20)6-19(2)9-5-7(11(12,13)14)4-8(17-9)18-15/h4-5H,3,6,15H2,1-2H3,(H,16,20)(H,17,18). The molecule has 0 fully saturated rings. The molecule has 1 amide bonds. The zero-order valence-electron chi connectivity index (χ0n) is 11.1. The number of nitrogen functional groups attached to an aromatic ring is 1. The van der Waals surface area contributed by atoms with Crippen LogP contribution in [0.3, 0.4) is 0 Å². The molecule has 1 aromatic heterocycles. The Kier molecular flexibility index (Phi) is 5.14. The average molecular weight is 291 g/mol. The number of carbonyl (C=O) groups is 1. The zero-order chi connectivity index (χ0) is 15.3. The number of hydrogen-bond acceptors (Lipinski definition) is 5. The highest BCUT2D eigenvalue weighted by molar-refractivity contribution is 5.80. The van der Waals surface area contributed by atoms with Crippen molar-refractivity contribution in [2.24, 2.45) is 5.84 Å². The van der Waals surface area contributed by atoms with Gasteiger partial charge in [0.2, 0.25) is 5.91 Å². The third kappa shape index (κ3) is 4.26. The molecule has 0 aliphatic rings. The van der Waals surface area contributed by atoms with Gasteiger partial charge in [0.05, 0.1) is 12.1 Å². The molecule has 1 heterocycles. The second-order valence-corrected chi connectivity index (χ2v) is 4.05. The Morgan fingerprint density at radius 2 is 2.10 bits per heavy atom. The van der Waals surface area contributed by atoms with E-state index in [1.807, 2.05) is 0 Å². The van der Waals surface area contributed by atoms with E-state index >= 15 is 0 Å². The van der Waals surface area contributed by atoms with Crippen LogP contribution in [0.25, 0.3) is 0 Å². The molecular formula is C11H16F3N5O. The third-order valence-electron chi connectivity index (χ3n) is 2.43. The number of anilines is 2. The maximum absolute atomic E-state index is 12.7. The quantitative estimate of drug-likeness (QED) is 0.556. The predicted octanol–water partition coefficient (Wildman–Crippen LogP) is 0.958. The minimum atomic E-state index is -4.52. The van der Waals surface area contributed by atoms with Gasteiger partial charge in [-0.15, -0.1) is 0 Å². The van der Waals surface area contributed by atoms with E-state index in [0.717, 1.165) is 12.1 Å². The van der Waals surface area contributed by atoms with E-state index in [2.05, 4.69) is 15.7 Å². The van der Waals surface area contributed by atoms with E-state index in [-0.39, 0.29) is 24.1 Å². The van der Waals surface area contributed by atoms with Gasteiger partial charge in [-0.3, -0.25) is 4.79 Å². The summed E-state index contributed by atoms with van der Waals surface area (Å²) in [7, 11) is 1.47. The van der Waals surface area contributed by atoms with Crippen LogP contribution in [0.4, 0.5) is 24.8 Å². The van der Waals surface area contributed by atoms with E-state index < -0.39 is 11.7 Å². The minimum Gasteiger partial charge on any atom is -0.355 e. The second kappa shape index (κ2) is 6.42. The van der Waals surface area contributed by atoms with Crippen molar-refractivity contribution in [3.8, 4) is 0 Å². The van der Waals surface area contributed by atoms with Gasteiger partial charge >= 0.3 is 6.18 Å². The van der Waals surface area contributed by atoms with Gasteiger partial charge < -0.3 is 15.6 Å². The van der Waals surface area contributed by atoms with E-state index in [1.54, 1.807) is 6.92 Å². The number of hydrogen-bond donors (Lipinski definition) is 3. The maximum Gasteiger partial charge on any atom is 0.416 e. The van der Waals surface area contributed by atoms with Crippen LogP contribution in [-0.4, -0.2) is 31.0 Å². The lowest BCUT2D eigenvalue weighted by Crippen LogP contribution is -2.35. The van der Waals surface area contributed by atoms with Gasteiger partial charge in [0.25, 0.3) is 0 Å². The van der Waals surface area contributed by atoms with Gasteiger partial charge in [0, 0.05) is 13.6 Å². The molecular weight excluding hydrogens is 275 g/mol. The first-order chi connectivity index (χ1) is 9.27. The Labute approximate surface area is 114 Å². The van der Waals surface area contributed by atoms with Crippen molar-refractivity contribution in [1.29, 1.82) is 0 Å². The molecule has 0 aliphatic heterocycles. The number of nitrogens with one attached hydrogen (secondary N) is 2. The van der Waals surface area contributed by atoms with Gasteiger partial charge in [-0.1, -0.05) is 0 Å². The lowest BCUT2D eigenvalue weighted by molar-refractivity contribution is -0.137.